The summed E-state index contributed by atoms with van der Waals surface area (Å²) in [5, 5.41) is 0. The Morgan fingerprint density at radius 1 is 1.26 bits per heavy atom. The quantitative estimate of drug-likeness (QED) is 0.813. The summed E-state index contributed by atoms with van der Waals surface area (Å²) in [7, 11) is 0. The van der Waals surface area contributed by atoms with Crippen molar-refractivity contribution in [2.45, 2.75) is 44.6 Å². The predicted molar refractivity (Wildman–Crippen MR) is 99.5 cm³/mol. The van der Waals surface area contributed by atoms with Crippen molar-refractivity contribution < 1.29 is 19.1 Å². The smallest absolute Gasteiger partial charge is 0.416 e. The molecule has 7 nitrogen and oxygen atoms in total. The first-order chi connectivity index (χ1) is 13.0. The molecule has 0 bridgehead atoms. The Bertz CT molecular complexity index is 709. The third-order valence-electron chi connectivity index (χ3n) is 6.00. The van der Waals surface area contributed by atoms with Crippen LogP contribution in [-0.4, -0.2) is 60.3 Å². The van der Waals surface area contributed by atoms with Crippen LogP contribution >= 0.6 is 0 Å². The zero-order valence-corrected chi connectivity index (χ0v) is 15.9. The van der Waals surface area contributed by atoms with Crippen molar-refractivity contribution in [3.05, 3.63) is 23.9 Å². The lowest BCUT2D eigenvalue weighted by Crippen LogP contribution is -2.40. The highest BCUT2D eigenvalue weighted by Gasteiger charge is 2.47. The maximum absolute atomic E-state index is 12.4. The number of rotatable bonds is 3. The number of carbonyl (C=O) groups is 2. The summed E-state index contributed by atoms with van der Waals surface area (Å²) in [5.74, 6) is 1.35. The Hall–Kier alpha value is -2.15. The highest BCUT2D eigenvalue weighted by molar-refractivity contribution is 5.89. The molecule has 0 N–H and O–H groups in total. The van der Waals surface area contributed by atoms with Gasteiger partial charge in [0, 0.05) is 38.5 Å². The van der Waals surface area contributed by atoms with Crippen molar-refractivity contribution in [3.63, 3.8) is 0 Å². The molecule has 3 saturated heterocycles. The summed E-state index contributed by atoms with van der Waals surface area (Å²) >= 11 is 0. The molecule has 146 valence electrons. The van der Waals surface area contributed by atoms with Crippen LogP contribution in [0.15, 0.2) is 18.2 Å². The topological polar surface area (TPSA) is 72.0 Å². The molecule has 1 spiro atoms. The number of hydrogen-bond acceptors (Lipinski definition) is 5. The van der Waals surface area contributed by atoms with E-state index < -0.39 is 5.60 Å². The fourth-order valence-electron chi connectivity index (χ4n) is 4.28. The van der Waals surface area contributed by atoms with Gasteiger partial charge < -0.3 is 14.4 Å². The summed E-state index contributed by atoms with van der Waals surface area (Å²) in [6, 6.07) is 5.86. The molecule has 2 amide bonds. The highest BCUT2D eigenvalue weighted by atomic mass is 16.6. The zero-order chi connectivity index (χ0) is 18.9. The first kappa shape index (κ1) is 18.2. The molecular formula is C20H27N3O4. The van der Waals surface area contributed by atoms with Crippen LogP contribution in [0.4, 0.5) is 10.6 Å². The van der Waals surface area contributed by atoms with Crippen molar-refractivity contribution >= 4 is 17.8 Å². The Morgan fingerprint density at radius 3 is 2.70 bits per heavy atom. The van der Waals surface area contributed by atoms with Crippen molar-refractivity contribution in [2.24, 2.45) is 5.92 Å². The van der Waals surface area contributed by atoms with E-state index in [1.807, 2.05) is 23.1 Å². The molecule has 0 saturated carbocycles. The van der Waals surface area contributed by atoms with Gasteiger partial charge in [-0.3, -0.25) is 9.69 Å². The van der Waals surface area contributed by atoms with Crippen LogP contribution in [0.3, 0.4) is 0 Å². The molecule has 0 aromatic carbocycles. The number of likely N-dealkylation sites (tertiary alicyclic amines) is 1. The van der Waals surface area contributed by atoms with Gasteiger partial charge >= 0.3 is 6.09 Å². The first-order valence-corrected chi connectivity index (χ1v) is 9.84. The molecule has 0 aliphatic carbocycles. The summed E-state index contributed by atoms with van der Waals surface area (Å²) in [4.78, 5) is 32.2. The number of aromatic nitrogens is 1. The van der Waals surface area contributed by atoms with E-state index in [1.54, 1.807) is 11.8 Å². The van der Waals surface area contributed by atoms with Crippen LogP contribution in [0, 0.1) is 5.92 Å². The van der Waals surface area contributed by atoms with Crippen LogP contribution in [0.2, 0.25) is 0 Å². The maximum atomic E-state index is 12.4. The van der Waals surface area contributed by atoms with Crippen LogP contribution in [-0.2, 0) is 20.7 Å². The first-order valence-electron chi connectivity index (χ1n) is 9.84. The SMILES string of the molecule is CC(=O)N1CCC(Cc2cccc(N3CC4(CCOCC4)OC3=O)n2)CC1. The van der Waals surface area contributed by atoms with E-state index in [-0.39, 0.29) is 12.0 Å². The number of nitrogens with zero attached hydrogens (tertiary/aromatic N) is 3. The van der Waals surface area contributed by atoms with Crippen LogP contribution in [0.1, 0.15) is 38.3 Å². The van der Waals surface area contributed by atoms with Gasteiger partial charge in [0.1, 0.15) is 11.4 Å². The van der Waals surface area contributed by atoms with Crippen molar-refractivity contribution in [2.75, 3.05) is 37.7 Å². The fraction of sp³-hybridized carbons (Fsp3) is 0.650. The lowest BCUT2D eigenvalue weighted by molar-refractivity contribution is -0.130. The van der Waals surface area contributed by atoms with Crippen molar-refractivity contribution in [3.8, 4) is 0 Å². The van der Waals surface area contributed by atoms with E-state index in [0.717, 1.165) is 50.9 Å². The minimum Gasteiger partial charge on any atom is -0.440 e. The van der Waals surface area contributed by atoms with Gasteiger partial charge in [-0.1, -0.05) is 6.07 Å². The average molecular weight is 373 g/mol. The Labute approximate surface area is 159 Å². The maximum Gasteiger partial charge on any atom is 0.416 e. The number of hydrogen-bond donors (Lipinski definition) is 0. The number of piperidine rings is 1. The molecule has 1 aromatic heterocycles. The molecule has 0 unspecified atom stereocenters. The Balaban J connectivity index is 1.41. The van der Waals surface area contributed by atoms with Crippen LogP contribution in [0.5, 0.6) is 0 Å². The minimum atomic E-state index is -0.424. The monoisotopic (exact) mass is 373 g/mol. The fourth-order valence-corrected chi connectivity index (χ4v) is 4.28. The predicted octanol–water partition coefficient (Wildman–Crippen LogP) is 2.39. The van der Waals surface area contributed by atoms with E-state index in [1.165, 1.54) is 0 Å². The van der Waals surface area contributed by atoms with Crippen molar-refractivity contribution in [1.82, 2.24) is 9.88 Å². The van der Waals surface area contributed by atoms with E-state index in [4.69, 9.17) is 14.5 Å². The number of anilines is 1. The lowest BCUT2D eigenvalue weighted by Gasteiger charge is -2.31. The second-order valence-electron chi connectivity index (χ2n) is 7.89. The van der Waals surface area contributed by atoms with Crippen molar-refractivity contribution in [1.29, 1.82) is 0 Å². The van der Waals surface area contributed by atoms with Gasteiger partial charge in [-0.2, -0.15) is 0 Å². The molecule has 3 aliphatic rings. The van der Waals surface area contributed by atoms with Gasteiger partial charge in [-0.25, -0.2) is 9.78 Å². The minimum absolute atomic E-state index is 0.156. The van der Waals surface area contributed by atoms with E-state index in [9.17, 15) is 9.59 Å². The molecule has 0 radical (unpaired) electrons. The number of ether oxygens (including phenoxy) is 2. The molecular weight excluding hydrogens is 346 g/mol. The second kappa shape index (κ2) is 7.46. The van der Waals surface area contributed by atoms with Crippen LogP contribution < -0.4 is 4.90 Å². The molecule has 27 heavy (non-hydrogen) atoms. The highest BCUT2D eigenvalue weighted by Crippen LogP contribution is 2.34. The standard InChI is InChI=1S/C20H27N3O4/c1-15(24)22-9-5-16(6-10-22)13-17-3-2-4-18(21-17)23-14-20(27-19(23)25)7-11-26-12-8-20/h2-4,16H,5-14H2,1H3. The largest absolute Gasteiger partial charge is 0.440 e. The molecule has 3 fully saturated rings. The molecule has 1 aromatic rings. The Morgan fingerprint density at radius 2 is 2.00 bits per heavy atom. The summed E-state index contributed by atoms with van der Waals surface area (Å²) in [6.45, 7) is 5.08. The molecule has 7 heteroatoms. The second-order valence-corrected chi connectivity index (χ2v) is 7.89. The van der Waals surface area contributed by atoms with E-state index in [0.29, 0.717) is 31.5 Å². The summed E-state index contributed by atoms with van der Waals surface area (Å²) in [6.07, 6.45) is 4.05. The normalized spacial score (nSPS) is 22.9. The van der Waals surface area contributed by atoms with Crippen LogP contribution in [0.25, 0.3) is 0 Å². The zero-order valence-electron chi connectivity index (χ0n) is 15.9. The number of pyridine rings is 1. The van der Waals surface area contributed by atoms with Gasteiger partial charge in [-0.05, 0) is 37.3 Å². The molecule has 0 atom stereocenters. The van der Waals surface area contributed by atoms with E-state index in [2.05, 4.69) is 0 Å². The van der Waals surface area contributed by atoms with Gasteiger partial charge in [-0.15, -0.1) is 0 Å². The Kier molecular flexibility index (Phi) is 5.04. The lowest BCUT2D eigenvalue weighted by atomic mass is 9.92. The number of amides is 2. The van der Waals surface area contributed by atoms with Gasteiger partial charge in [0.05, 0.1) is 19.8 Å². The third kappa shape index (κ3) is 3.93. The van der Waals surface area contributed by atoms with Gasteiger partial charge in [0.25, 0.3) is 0 Å². The van der Waals surface area contributed by atoms with Gasteiger partial charge in [0.2, 0.25) is 5.91 Å². The summed E-state index contributed by atoms with van der Waals surface area (Å²) in [5.41, 5.74) is 0.571. The van der Waals surface area contributed by atoms with Gasteiger partial charge in [0.15, 0.2) is 0 Å². The summed E-state index contributed by atoms with van der Waals surface area (Å²) < 4.78 is 11.1. The average Bonchev–Trinajstić information content (AvgIpc) is 2.98. The number of carbonyl (C=O) groups excluding carboxylic acids is 2. The molecule has 3 aliphatic heterocycles. The molecule has 4 rings (SSSR count). The van der Waals surface area contributed by atoms with E-state index >= 15 is 0 Å². The molecule has 4 heterocycles. The third-order valence-corrected chi connectivity index (χ3v) is 6.00.